The molecule has 0 saturated carbocycles. The van der Waals surface area contributed by atoms with Crippen molar-refractivity contribution < 1.29 is 19.8 Å². The minimum atomic E-state index is -0.411. The van der Waals surface area contributed by atoms with Gasteiger partial charge in [-0.05, 0) is 80.4 Å². The number of aromatic hydroxyl groups is 2. The van der Waals surface area contributed by atoms with Crippen molar-refractivity contribution in [2.45, 2.75) is 0 Å². The Labute approximate surface area is 165 Å². The summed E-state index contributed by atoms with van der Waals surface area (Å²) in [6, 6.07) is 12.2. The Morgan fingerprint density at radius 1 is 0.615 bits per heavy atom. The second-order valence-corrected chi connectivity index (χ2v) is 6.97. The number of anilines is 2. The predicted molar refractivity (Wildman–Crippen MR) is 105 cm³/mol. The summed E-state index contributed by atoms with van der Waals surface area (Å²) in [6.07, 6.45) is 0. The first-order chi connectivity index (χ1) is 12.4. The van der Waals surface area contributed by atoms with E-state index in [0.717, 1.165) is 0 Å². The third kappa shape index (κ3) is 3.66. The van der Waals surface area contributed by atoms with Gasteiger partial charge in [0.05, 0.1) is 8.96 Å². The number of phenols is 2. The Morgan fingerprint density at radius 3 is 1.23 bits per heavy atom. The van der Waals surface area contributed by atoms with Crippen LogP contribution < -0.4 is 10.6 Å². The fraction of sp³-hybridized carbons (Fsp3) is 0. The molecule has 0 spiro atoms. The van der Waals surface area contributed by atoms with E-state index < -0.39 is 11.6 Å². The first-order valence-electron chi connectivity index (χ1n) is 7.38. The Hall–Kier alpha value is -2.58. The third-order valence-corrected chi connectivity index (χ3v) is 5.08. The normalized spacial score (nSPS) is 14.7. The Morgan fingerprint density at radius 2 is 0.923 bits per heavy atom. The molecule has 1 aliphatic carbocycles. The van der Waals surface area contributed by atoms with Crippen LogP contribution in [0, 0.1) is 0 Å². The molecule has 0 amide bonds. The lowest BCUT2D eigenvalue weighted by molar-refractivity contribution is -0.115. The van der Waals surface area contributed by atoms with E-state index in [-0.39, 0.29) is 31.9 Å². The number of phenolic OH excluding ortho intramolecular Hbond substituents is 2. The van der Waals surface area contributed by atoms with Crippen molar-refractivity contribution in [1.82, 2.24) is 0 Å². The lowest BCUT2D eigenvalue weighted by Crippen LogP contribution is -2.27. The van der Waals surface area contributed by atoms with Gasteiger partial charge in [-0.15, -0.1) is 0 Å². The molecule has 0 radical (unpaired) electrons. The Bertz CT molecular complexity index is 869. The number of benzene rings is 2. The number of halogens is 2. The molecular formula is C18H12Br2N2O4. The molecule has 2 aromatic rings. The van der Waals surface area contributed by atoms with Gasteiger partial charge >= 0.3 is 0 Å². The van der Waals surface area contributed by atoms with Crippen LogP contribution in [-0.2, 0) is 9.59 Å². The second kappa shape index (κ2) is 7.35. The van der Waals surface area contributed by atoms with Gasteiger partial charge in [-0.25, -0.2) is 0 Å². The fourth-order valence-electron chi connectivity index (χ4n) is 2.25. The van der Waals surface area contributed by atoms with Crippen LogP contribution in [0.3, 0.4) is 0 Å². The number of allylic oxidation sites excluding steroid dienone is 2. The molecule has 0 aliphatic heterocycles. The van der Waals surface area contributed by atoms with Gasteiger partial charge in [0.15, 0.2) is 0 Å². The number of carbonyl (C=O) groups is 2. The number of nitrogens with one attached hydrogen (secondary N) is 2. The molecule has 0 atom stereocenters. The van der Waals surface area contributed by atoms with Crippen molar-refractivity contribution in [3.8, 4) is 11.5 Å². The van der Waals surface area contributed by atoms with Gasteiger partial charge in [0.2, 0.25) is 11.6 Å². The summed E-state index contributed by atoms with van der Waals surface area (Å²) < 4.78 is 0.167. The zero-order valence-corrected chi connectivity index (χ0v) is 16.3. The van der Waals surface area contributed by atoms with Gasteiger partial charge in [0.25, 0.3) is 0 Å². The molecule has 6 nitrogen and oxygen atoms in total. The molecule has 0 fully saturated rings. The van der Waals surface area contributed by atoms with Gasteiger partial charge in [-0.2, -0.15) is 0 Å². The molecule has 0 heterocycles. The van der Waals surface area contributed by atoms with Crippen LogP contribution in [0.15, 0.2) is 68.9 Å². The predicted octanol–water partition coefficient (Wildman–Crippen LogP) is 3.99. The number of rotatable bonds is 4. The van der Waals surface area contributed by atoms with Crippen molar-refractivity contribution in [3.05, 3.63) is 68.9 Å². The Balaban J connectivity index is 1.88. The average Bonchev–Trinajstić information content (AvgIpc) is 2.64. The van der Waals surface area contributed by atoms with Crippen molar-refractivity contribution in [1.29, 1.82) is 0 Å². The molecule has 8 heteroatoms. The van der Waals surface area contributed by atoms with Gasteiger partial charge in [0, 0.05) is 11.4 Å². The quantitative estimate of drug-likeness (QED) is 0.391. The van der Waals surface area contributed by atoms with Crippen molar-refractivity contribution in [2.24, 2.45) is 0 Å². The monoisotopic (exact) mass is 478 g/mol. The van der Waals surface area contributed by atoms with E-state index in [9.17, 15) is 19.8 Å². The van der Waals surface area contributed by atoms with Crippen LogP contribution in [0.25, 0.3) is 0 Å². The van der Waals surface area contributed by atoms with E-state index in [2.05, 4.69) is 42.5 Å². The highest BCUT2D eigenvalue weighted by Crippen LogP contribution is 2.33. The number of hydrogen-bond donors (Lipinski definition) is 4. The minimum absolute atomic E-state index is 0.0834. The fourth-order valence-corrected chi connectivity index (χ4v) is 3.20. The van der Waals surface area contributed by atoms with E-state index >= 15 is 0 Å². The molecular weight excluding hydrogens is 468 g/mol. The van der Waals surface area contributed by atoms with Crippen LogP contribution in [0.5, 0.6) is 11.5 Å². The third-order valence-electron chi connectivity index (χ3n) is 3.57. The first-order valence-corrected chi connectivity index (χ1v) is 8.96. The van der Waals surface area contributed by atoms with Crippen LogP contribution in [-0.4, -0.2) is 21.8 Å². The topological polar surface area (TPSA) is 98.7 Å². The van der Waals surface area contributed by atoms with E-state index in [1.54, 1.807) is 24.3 Å². The second-order valence-electron chi connectivity index (χ2n) is 5.38. The minimum Gasteiger partial charge on any atom is -0.508 e. The summed E-state index contributed by atoms with van der Waals surface area (Å²) in [5, 5.41) is 24.4. The maximum Gasteiger partial charge on any atom is 0.219 e. The van der Waals surface area contributed by atoms with Gasteiger partial charge < -0.3 is 20.8 Å². The molecule has 1 aliphatic rings. The highest BCUT2D eigenvalue weighted by Gasteiger charge is 2.33. The molecule has 0 saturated heterocycles. The van der Waals surface area contributed by atoms with Crippen molar-refractivity contribution >= 4 is 54.8 Å². The zero-order chi connectivity index (χ0) is 18.8. The van der Waals surface area contributed by atoms with E-state index in [0.29, 0.717) is 11.4 Å². The lowest BCUT2D eigenvalue weighted by Gasteiger charge is -2.20. The summed E-state index contributed by atoms with van der Waals surface area (Å²) >= 11 is 6.38. The van der Waals surface area contributed by atoms with E-state index in [1.807, 2.05) is 0 Å². The summed E-state index contributed by atoms with van der Waals surface area (Å²) in [6.45, 7) is 0. The van der Waals surface area contributed by atoms with Gasteiger partial charge in [-0.1, -0.05) is 0 Å². The van der Waals surface area contributed by atoms with Gasteiger partial charge in [0.1, 0.15) is 22.9 Å². The van der Waals surface area contributed by atoms with Crippen molar-refractivity contribution in [3.63, 3.8) is 0 Å². The number of Topliss-reactive ketones (excluding diaryl/α,β-unsaturated/α-hetero) is 2. The van der Waals surface area contributed by atoms with Crippen LogP contribution >= 0.6 is 31.9 Å². The highest BCUT2D eigenvalue weighted by atomic mass is 79.9. The zero-order valence-electron chi connectivity index (χ0n) is 13.1. The Kier molecular flexibility index (Phi) is 5.15. The number of ketones is 2. The molecule has 132 valence electrons. The van der Waals surface area contributed by atoms with Gasteiger partial charge in [-0.3, -0.25) is 9.59 Å². The molecule has 3 rings (SSSR count). The van der Waals surface area contributed by atoms with Crippen LogP contribution in [0.2, 0.25) is 0 Å². The first kappa shape index (κ1) is 18.2. The summed E-state index contributed by atoms with van der Waals surface area (Å²) in [5.74, 6) is -0.635. The summed E-state index contributed by atoms with van der Waals surface area (Å²) in [4.78, 5) is 25.3. The number of hydrogen-bond acceptors (Lipinski definition) is 6. The molecule has 26 heavy (non-hydrogen) atoms. The maximum absolute atomic E-state index is 12.7. The number of carbonyl (C=O) groups excluding carboxylic acids is 2. The molecule has 0 bridgehead atoms. The molecule has 2 aromatic carbocycles. The standard InChI is InChI=1S/C18H12Br2N2O4/c19-13-15(21-9-1-5-11(23)6-2-9)17(25)14(20)16(18(13)26)22-10-3-7-12(24)8-4-10/h1-8,21-24H. The molecule has 4 N–H and O–H groups in total. The van der Waals surface area contributed by atoms with Crippen LogP contribution in [0.4, 0.5) is 11.4 Å². The van der Waals surface area contributed by atoms with Crippen LogP contribution in [0.1, 0.15) is 0 Å². The highest BCUT2D eigenvalue weighted by molar-refractivity contribution is 9.12. The maximum atomic E-state index is 12.7. The lowest BCUT2D eigenvalue weighted by atomic mass is 10.1. The average molecular weight is 480 g/mol. The van der Waals surface area contributed by atoms with E-state index in [1.165, 1.54) is 24.3 Å². The largest absolute Gasteiger partial charge is 0.508 e. The molecule has 0 aromatic heterocycles. The smallest absolute Gasteiger partial charge is 0.219 e. The summed E-state index contributed by atoms with van der Waals surface area (Å²) in [5.41, 5.74) is 1.27. The van der Waals surface area contributed by atoms with E-state index in [4.69, 9.17) is 0 Å². The van der Waals surface area contributed by atoms with Crippen molar-refractivity contribution in [2.75, 3.05) is 10.6 Å². The molecule has 0 unspecified atom stereocenters. The SMILES string of the molecule is O=C1C(Br)=C(Nc2ccc(O)cc2)C(=O)C(Br)=C1Nc1ccc(O)cc1. The summed E-state index contributed by atoms with van der Waals surface area (Å²) in [7, 11) is 0.